The Morgan fingerprint density at radius 2 is 1.78 bits per heavy atom. The van der Waals surface area contributed by atoms with Gasteiger partial charge in [-0.15, -0.1) is 0 Å². The number of fused-ring (bicyclic) bond motifs is 1. The van der Waals surface area contributed by atoms with Crippen LogP contribution in [-0.4, -0.2) is 56.7 Å². The van der Waals surface area contributed by atoms with E-state index in [0.29, 0.717) is 18.4 Å². The summed E-state index contributed by atoms with van der Waals surface area (Å²) in [5, 5.41) is 31.7. The van der Waals surface area contributed by atoms with Crippen molar-refractivity contribution in [1.82, 2.24) is 15.5 Å². The fourth-order valence-corrected chi connectivity index (χ4v) is 3.50. The minimum atomic E-state index is -5.08. The molecule has 0 radical (unpaired) electrons. The van der Waals surface area contributed by atoms with Gasteiger partial charge in [0.15, 0.2) is 0 Å². The fraction of sp³-hybridized carbons (Fsp3) is 0.571. The summed E-state index contributed by atoms with van der Waals surface area (Å²) >= 11 is 0. The molecule has 0 bridgehead atoms. The second-order valence-corrected chi connectivity index (χ2v) is 8.32. The van der Waals surface area contributed by atoms with E-state index in [1.165, 1.54) is 0 Å². The van der Waals surface area contributed by atoms with Gasteiger partial charge >= 0.3 is 12.1 Å². The van der Waals surface area contributed by atoms with E-state index in [1.54, 1.807) is 0 Å². The van der Waals surface area contributed by atoms with E-state index in [0.717, 1.165) is 42.3 Å². The number of carboxylic acid groups (broad SMARTS) is 1. The Kier molecular flexibility index (Phi) is 8.88. The molecule has 0 saturated heterocycles. The van der Waals surface area contributed by atoms with Crippen molar-refractivity contribution < 1.29 is 33.0 Å². The van der Waals surface area contributed by atoms with Gasteiger partial charge in [-0.05, 0) is 56.2 Å². The smallest absolute Gasteiger partial charge is 0.475 e. The molecule has 1 saturated carbocycles. The zero-order chi connectivity index (χ0) is 23.9. The predicted octanol–water partition coefficient (Wildman–Crippen LogP) is 3.44. The number of hydrogen-bond donors (Lipinski definition) is 5. The standard InChI is InChI=1S/C19H28N4O2.C2HF3O2/c1-12(2)9-18(24)19(25)22-15-5-3-14(4-6-15)21-16-7-8-17-13(10-16)11-20-23-17;3-2(4,5)1(6)7/h7-8,10-12,14-15,18,21,24H,3-6,9H2,1-2H3,(H,20,23)(H,22,25);(H,6,7)/t14?,15?,18-;/m0./s1. The molecule has 1 aliphatic rings. The summed E-state index contributed by atoms with van der Waals surface area (Å²) in [6, 6.07) is 6.79. The quantitative estimate of drug-likeness (QED) is 0.451. The Balaban J connectivity index is 0.000000451. The highest BCUT2D eigenvalue weighted by Gasteiger charge is 2.38. The third-order valence-electron chi connectivity index (χ3n) is 5.12. The van der Waals surface area contributed by atoms with Gasteiger partial charge in [0.2, 0.25) is 5.91 Å². The number of aromatic amines is 1. The number of H-pyrrole nitrogens is 1. The van der Waals surface area contributed by atoms with Gasteiger partial charge in [0.1, 0.15) is 6.10 Å². The van der Waals surface area contributed by atoms with Crippen molar-refractivity contribution >= 4 is 28.5 Å². The highest BCUT2D eigenvalue weighted by Crippen LogP contribution is 2.24. The summed E-state index contributed by atoms with van der Waals surface area (Å²) < 4.78 is 31.7. The zero-order valence-electron chi connectivity index (χ0n) is 17.9. The molecule has 1 aromatic carbocycles. The molecular formula is C21H29F3N4O4. The fourth-order valence-electron chi connectivity index (χ4n) is 3.50. The van der Waals surface area contributed by atoms with Gasteiger partial charge in [0, 0.05) is 23.2 Å². The van der Waals surface area contributed by atoms with Crippen LogP contribution in [0.1, 0.15) is 46.0 Å². The lowest BCUT2D eigenvalue weighted by molar-refractivity contribution is -0.192. The SMILES string of the molecule is CC(C)C[C@H](O)C(=O)NC1CCC(Nc2ccc3[nH]ncc3c2)CC1.O=C(O)C(F)(F)F. The number of carboxylic acids is 1. The van der Waals surface area contributed by atoms with Crippen LogP contribution in [0.15, 0.2) is 24.4 Å². The van der Waals surface area contributed by atoms with E-state index in [9.17, 15) is 23.1 Å². The molecule has 0 unspecified atom stereocenters. The van der Waals surface area contributed by atoms with Crippen LogP contribution >= 0.6 is 0 Å². The number of aliphatic hydroxyl groups excluding tert-OH is 1. The lowest BCUT2D eigenvalue weighted by Gasteiger charge is -2.31. The molecule has 3 rings (SSSR count). The molecule has 1 amide bonds. The molecule has 1 aliphatic carbocycles. The number of aliphatic carboxylic acids is 1. The average molecular weight is 458 g/mol. The van der Waals surface area contributed by atoms with Crippen molar-refractivity contribution in [2.45, 2.75) is 70.3 Å². The number of rotatable bonds is 6. The first-order chi connectivity index (χ1) is 15.0. The molecular weight excluding hydrogens is 429 g/mol. The van der Waals surface area contributed by atoms with Crippen LogP contribution in [0.25, 0.3) is 10.9 Å². The van der Waals surface area contributed by atoms with E-state index in [1.807, 2.05) is 26.1 Å². The molecule has 0 aliphatic heterocycles. The molecule has 1 atom stereocenters. The highest BCUT2D eigenvalue weighted by atomic mass is 19.4. The first kappa shape index (κ1) is 25.4. The minimum Gasteiger partial charge on any atom is -0.475 e. The summed E-state index contributed by atoms with van der Waals surface area (Å²) in [5.74, 6) is -2.67. The Morgan fingerprint density at radius 3 is 2.34 bits per heavy atom. The number of aliphatic hydroxyl groups is 1. The average Bonchev–Trinajstić information content (AvgIpc) is 3.16. The minimum absolute atomic E-state index is 0.170. The zero-order valence-corrected chi connectivity index (χ0v) is 17.9. The van der Waals surface area contributed by atoms with Gasteiger partial charge in [-0.25, -0.2) is 4.79 Å². The molecule has 2 aromatic rings. The number of amides is 1. The maximum Gasteiger partial charge on any atom is 0.490 e. The second-order valence-electron chi connectivity index (χ2n) is 8.32. The van der Waals surface area contributed by atoms with Crippen LogP contribution in [0.5, 0.6) is 0 Å². The van der Waals surface area contributed by atoms with Crippen molar-refractivity contribution in [3.05, 3.63) is 24.4 Å². The second kappa shape index (κ2) is 11.2. The first-order valence-electron chi connectivity index (χ1n) is 10.4. The lowest BCUT2D eigenvalue weighted by atomic mass is 9.90. The number of aromatic nitrogens is 2. The maximum absolute atomic E-state index is 12.0. The van der Waals surface area contributed by atoms with Crippen molar-refractivity contribution in [2.24, 2.45) is 5.92 Å². The lowest BCUT2D eigenvalue weighted by Crippen LogP contribution is -2.44. The summed E-state index contributed by atoms with van der Waals surface area (Å²) in [6.07, 6.45) is 0.257. The van der Waals surface area contributed by atoms with Crippen LogP contribution < -0.4 is 10.6 Å². The normalized spacial score (nSPS) is 19.7. The summed E-state index contributed by atoms with van der Waals surface area (Å²) in [7, 11) is 0. The highest BCUT2D eigenvalue weighted by molar-refractivity contribution is 5.82. The number of benzene rings is 1. The van der Waals surface area contributed by atoms with E-state index < -0.39 is 18.2 Å². The predicted molar refractivity (Wildman–Crippen MR) is 113 cm³/mol. The van der Waals surface area contributed by atoms with Crippen LogP contribution in [0.3, 0.4) is 0 Å². The Bertz CT molecular complexity index is 893. The number of carbonyl (C=O) groups excluding carboxylic acids is 1. The first-order valence-corrected chi connectivity index (χ1v) is 10.4. The summed E-state index contributed by atoms with van der Waals surface area (Å²) in [6.45, 7) is 4.02. The van der Waals surface area contributed by atoms with Crippen molar-refractivity contribution in [3.8, 4) is 0 Å². The molecule has 5 N–H and O–H groups in total. The third kappa shape index (κ3) is 8.03. The van der Waals surface area contributed by atoms with Crippen LogP contribution in [0.4, 0.5) is 18.9 Å². The largest absolute Gasteiger partial charge is 0.490 e. The van der Waals surface area contributed by atoms with Crippen LogP contribution in [0, 0.1) is 5.92 Å². The van der Waals surface area contributed by atoms with E-state index >= 15 is 0 Å². The molecule has 0 spiro atoms. The summed E-state index contributed by atoms with van der Waals surface area (Å²) in [5.41, 5.74) is 2.14. The third-order valence-corrected chi connectivity index (χ3v) is 5.12. The molecule has 1 heterocycles. The number of nitrogens with one attached hydrogen (secondary N) is 3. The Morgan fingerprint density at radius 1 is 1.19 bits per heavy atom. The number of alkyl halides is 3. The number of hydrogen-bond acceptors (Lipinski definition) is 5. The maximum atomic E-state index is 12.0. The van der Waals surface area contributed by atoms with Gasteiger partial charge < -0.3 is 20.8 Å². The Hall–Kier alpha value is -2.82. The van der Waals surface area contributed by atoms with E-state index in [2.05, 4.69) is 33.0 Å². The number of halogens is 3. The molecule has 8 nitrogen and oxygen atoms in total. The molecule has 32 heavy (non-hydrogen) atoms. The molecule has 1 fully saturated rings. The monoisotopic (exact) mass is 458 g/mol. The summed E-state index contributed by atoms with van der Waals surface area (Å²) in [4.78, 5) is 20.9. The van der Waals surface area contributed by atoms with Gasteiger partial charge in [0.05, 0.1) is 11.7 Å². The van der Waals surface area contributed by atoms with Crippen LogP contribution in [0.2, 0.25) is 0 Å². The number of anilines is 1. The molecule has 178 valence electrons. The number of carbonyl (C=O) groups is 2. The van der Waals surface area contributed by atoms with Crippen molar-refractivity contribution in [3.63, 3.8) is 0 Å². The Labute approximate surface area is 183 Å². The van der Waals surface area contributed by atoms with E-state index in [4.69, 9.17) is 9.90 Å². The molecule has 11 heteroatoms. The van der Waals surface area contributed by atoms with Crippen molar-refractivity contribution in [1.29, 1.82) is 0 Å². The molecule has 1 aromatic heterocycles. The van der Waals surface area contributed by atoms with Gasteiger partial charge in [-0.2, -0.15) is 18.3 Å². The van der Waals surface area contributed by atoms with Crippen LogP contribution in [-0.2, 0) is 9.59 Å². The van der Waals surface area contributed by atoms with Gasteiger partial charge in [0.25, 0.3) is 0 Å². The topological polar surface area (TPSA) is 127 Å². The van der Waals surface area contributed by atoms with Crippen molar-refractivity contribution in [2.75, 3.05) is 5.32 Å². The number of nitrogens with zero attached hydrogens (tertiary/aromatic N) is 1. The van der Waals surface area contributed by atoms with Gasteiger partial charge in [-0.3, -0.25) is 9.89 Å². The van der Waals surface area contributed by atoms with Gasteiger partial charge in [-0.1, -0.05) is 13.8 Å². The van der Waals surface area contributed by atoms with E-state index in [-0.39, 0.29) is 11.9 Å².